The predicted molar refractivity (Wildman–Crippen MR) is 84.3 cm³/mol. The van der Waals surface area contributed by atoms with Gasteiger partial charge in [-0.25, -0.2) is 4.98 Å². The van der Waals surface area contributed by atoms with Crippen LogP contribution in [0.3, 0.4) is 0 Å². The number of ether oxygens (including phenoxy) is 1. The largest absolute Gasteiger partial charge is 0.466 e. The van der Waals surface area contributed by atoms with Crippen LogP contribution in [0.5, 0.6) is 5.88 Å². The zero-order chi connectivity index (χ0) is 15.4. The summed E-state index contributed by atoms with van der Waals surface area (Å²) < 4.78 is 5.28. The number of benzene rings is 1. The van der Waals surface area contributed by atoms with E-state index in [2.05, 4.69) is 10.3 Å². The van der Waals surface area contributed by atoms with Crippen LogP contribution in [-0.4, -0.2) is 17.5 Å². The fourth-order valence-corrected chi connectivity index (χ4v) is 2.15. The summed E-state index contributed by atoms with van der Waals surface area (Å²) in [6.07, 6.45) is 1.41. The highest BCUT2D eigenvalue weighted by atomic mass is 35.5. The average molecular weight is 325 g/mol. The molecule has 2 aromatic rings. The quantitative estimate of drug-likeness (QED) is 0.923. The van der Waals surface area contributed by atoms with Crippen molar-refractivity contribution in [3.8, 4) is 5.88 Å². The van der Waals surface area contributed by atoms with Crippen LogP contribution in [0.1, 0.15) is 11.1 Å². The number of carbonyl (C=O) groups is 1. The standard InChI is InChI=1S/C15H14Cl2N2O2/c1-9-4-3-5-13(10(9)2)19-14(20)8-21-15-12(17)6-11(16)7-18-15/h3-7H,8H2,1-2H3,(H,19,20). The van der Waals surface area contributed by atoms with E-state index in [9.17, 15) is 4.79 Å². The second kappa shape index (κ2) is 6.78. The fraction of sp³-hybridized carbons (Fsp3) is 0.200. The molecule has 110 valence electrons. The summed E-state index contributed by atoms with van der Waals surface area (Å²) in [5, 5.41) is 3.47. The first kappa shape index (κ1) is 15.6. The monoisotopic (exact) mass is 324 g/mol. The predicted octanol–water partition coefficient (Wildman–Crippen LogP) is 4.02. The van der Waals surface area contributed by atoms with Gasteiger partial charge in [0.05, 0.1) is 5.02 Å². The van der Waals surface area contributed by atoms with Crippen LogP contribution in [0.2, 0.25) is 10.0 Å². The summed E-state index contributed by atoms with van der Waals surface area (Å²) in [6.45, 7) is 3.75. The van der Waals surface area contributed by atoms with Crippen molar-refractivity contribution in [3.63, 3.8) is 0 Å². The van der Waals surface area contributed by atoms with Gasteiger partial charge in [0.2, 0.25) is 5.88 Å². The van der Waals surface area contributed by atoms with Crippen LogP contribution < -0.4 is 10.1 Å². The molecule has 0 spiro atoms. The number of nitrogens with one attached hydrogen (secondary N) is 1. The molecule has 2 rings (SSSR count). The minimum atomic E-state index is -0.281. The molecule has 4 nitrogen and oxygen atoms in total. The van der Waals surface area contributed by atoms with E-state index in [0.717, 1.165) is 16.8 Å². The van der Waals surface area contributed by atoms with Gasteiger partial charge in [-0.05, 0) is 37.1 Å². The molecule has 1 heterocycles. The Morgan fingerprint density at radius 1 is 1.33 bits per heavy atom. The van der Waals surface area contributed by atoms with E-state index in [0.29, 0.717) is 5.02 Å². The molecule has 21 heavy (non-hydrogen) atoms. The second-order valence-electron chi connectivity index (χ2n) is 4.52. The zero-order valence-corrected chi connectivity index (χ0v) is 13.1. The third kappa shape index (κ3) is 4.09. The Morgan fingerprint density at radius 3 is 2.81 bits per heavy atom. The topological polar surface area (TPSA) is 51.2 Å². The lowest BCUT2D eigenvalue weighted by molar-refractivity contribution is -0.118. The maximum Gasteiger partial charge on any atom is 0.262 e. The third-order valence-electron chi connectivity index (χ3n) is 2.99. The molecule has 0 saturated carbocycles. The van der Waals surface area contributed by atoms with Crippen molar-refractivity contribution in [2.45, 2.75) is 13.8 Å². The van der Waals surface area contributed by atoms with Crippen molar-refractivity contribution >= 4 is 34.8 Å². The number of hydrogen-bond acceptors (Lipinski definition) is 3. The molecule has 0 radical (unpaired) electrons. The van der Waals surface area contributed by atoms with Gasteiger partial charge in [-0.1, -0.05) is 35.3 Å². The number of aryl methyl sites for hydroxylation is 1. The Hall–Kier alpha value is -1.78. The van der Waals surface area contributed by atoms with Gasteiger partial charge in [0, 0.05) is 11.9 Å². The number of halogens is 2. The van der Waals surface area contributed by atoms with E-state index in [-0.39, 0.29) is 23.4 Å². The molecule has 0 atom stereocenters. The van der Waals surface area contributed by atoms with Gasteiger partial charge in [0.1, 0.15) is 5.02 Å². The molecule has 6 heteroatoms. The maximum atomic E-state index is 11.9. The van der Waals surface area contributed by atoms with Gasteiger partial charge in [-0.3, -0.25) is 4.79 Å². The van der Waals surface area contributed by atoms with Gasteiger partial charge >= 0.3 is 0 Å². The minimum absolute atomic E-state index is 0.178. The number of hydrogen-bond donors (Lipinski definition) is 1. The molecule has 0 aliphatic rings. The van der Waals surface area contributed by atoms with Crippen LogP contribution in [0, 0.1) is 13.8 Å². The van der Waals surface area contributed by atoms with Crippen LogP contribution >= 0.6 is 23.2 Å². The number of nitrogens with zero attached hydrogens (tertiary/aromatic N) is 1. The lowest BCUT2D eigenvalue weighted by Crippen LogP contribution is -2.21. The van der Waals surface area contributed by atoms with Gasteiger partial charge in [-0.15, -0.1) is 0 Å². The molecule has 0 saturated heterocycles. The second-order valence-corrected chi connectivity index (χ2v) is 5.37. The van der Waals surface area contributed by atoms with Crippen molar-refractivity contribution in [2.75, 3.05) is 11.9 Å². The number of carbonyl (C=O) groups excluding carboxylic acids is 1. The molecular formula is C15H14Cl2N2O2. The third-order valence-corrected chi connectivity index (χ3v) is 3.47. The van der Waals surface area contributed by atoms with E-state index in [1.165, 1.54) is 12.3 Å². The van der Waals surface area contributed by atoms with Crippen LogP contribution in [0.4, 0.5) is 5.69 Å². The van der Waals surface area contributed by atoms with Crippen molar-refractivity contribution in [2.24, 2.45) is 0 Å². The van der Waals surface area contributed by atoms with Crippen molar-refractivity contribution < 1.29 is 9.53 Å². The molecule has 1 aromatic heterocycles. The molecule has 1 N–H and O–H groups in total. The van der Waals surface area contributed by atoms with Crippen LogP contribution in [-0.2, 0) is 4.79 Å². The molecule has 0 unspecified atom stereocenters. The average Bonchev–Trinajstić information content (AvgIpc) is 2.43. The number of anilines is 1. The van der Waals surface area contributed by atoms with E-state index in [1.54, 1.807) is 0 Å². The smallest absolute Gasteiger partial charge is 0.262 e. The summed E-state index contributed by atoms with van der Waals surface area (Å²) in [5.74, 6) is -0.103. The van der Waals surface area contributed by atoms with Gasteiger partial charge in [0.15, 0.2) is 6.61 Å². The van der Waals surface area contributed by atoms with Gasteiger partial charge in [0.25, 0.3) is 5.91 Å². The number of amides is 1. The number of aromatic nitrogens is 1. The first-order chi connectivity index (χ1) is 9.97. The van der Waals surface area contributed by atoms with Crippen molar-refractivity contribution in [1.29, 1.82) is 0 Å². The van der Waals surface area contributed by atoms with E-state index >= 15 is 0 Å². The molecule has 0 bridgehead atoms. The van der Waals surface area contributed by atoms with Crippen LogP contribution in [0.15, 0.2) is 30.5 Å². The zero-order valence-electron chi connectivity index (χ0n) is 11.6. The maximum absolute atomic E-state index is 11.9. The summed E-state index contributed by atoms with van der Waals surface area (Å²) in [6, 6.07) is 7.22. The normalized spacial score (nSPS) is 10.3. The first-order valence-electron chi connectivity index (χ1n) is 6.27. The molecule has 0 fully saturated rings. The van der Waals surface area contributed by atoms with E-state index < -0.39 is 0 Å². The summed E-state index contributed by atoms with van der Waals surface area (Å²) in [5.41, 5.74) is 2.89. The highest BCUT2D eigenvalue weighted by Gasteiger charge is 2.09. The van der Waals surface area contributed by atoms with Crippen molar-refractivity contribution in [3.05, 3.63) is 51.6 Å². The Bertz CT molecular complexity index is 675. The molecule has 0 aliphatic carbocycles. The highest BCUT2D eigenvalue weighted by molar-refractivity contribution is 6.35. The SMILES string of the molecule is Cc1cccc(NC(=O)COc2ncc(Cl)cc2Cl)c1C. The Kier molecular flexibility index (Phi) is 5.04. The lowest BCUT2D eigenvalue weighted by Gasteiger charge is -2.11. The Labute approximate surface area is 133 Å². The number of rotatable bonds is 4. The summed E-state index contributed by atoms with van der Waals surface area (Å²) in [4.78, 5) is 15.8. The Balaban J connectivity index is 1.97. The molecule has 1 amide bonds. The lowest BCUT2D eigenvalue weighted by atomic mass is 10.1. The van der Waals surface area contributed by atoms with E-state index in [4.69, 9.17) is 27.9 Å². The number of pyridine rings is 1. The van der Waals surface area contributed by atoms with Gasteiger partial charge < -0.3 is 10.1 Å². The van der Waals surface area contributed by atoms with Crippen molar-refractivity contribution in [1.82, 2.24) is 4.98 Å². The van der Waals surface area contributed by atoms with Gasteiger partial charge in [-0.2, -0.15) is 0 Å². The summed E-state index contributed by atoms with van der Waals surface area (Å²) in [7, 11) is 0. The molecule has 0 aliphatic heterocycles. The summed E-state index contributed by atoms with van der Waals surface area (Å²) >= 11 is 11.7. The Morgan fingerprint density at radius 2 is 2.10 bits per heavy atom. The highest BCUT2D eigenvalue weighted by Crippen LogP contribution is 2.24. The first-order valence-corrected chi connectivity index (χ1v) is 7.03. The van der Waals surface area contributed by atoms with Crippen LogP contribution in [0.25, 0.3) is 0 Å². The van der Waals surface area contributed by atoms with E-state index in [1.807, 2.05) is 32.0 Å². The molecule has 1 aromatic carbocycles. The minimum Gasteiger partial charge on any atom is -0.466 e. The fourth-order valence-electron chi connectivity index (χ4n) is 1.71. The molecular weight excluding hydrogens is 311 g/mol.